The number of anilines is 1. The Labute approximate surface area is 117 Å². The molecule has 2 heterocycles. The average molecular weight is 276 g/mol. The monoisotopic (exact) mass is 276 g/mol. The van der Waals surface area contributed by atoms with E-state index in [1.54, 1.807) is 6.92 Å². The molecule has 0 aliphatic rings. The number of aromatic nitrogens is 3. The topological polar surface area (TPSA) is 83.8 Å². The van der Waals surface area contributed by atoms with Crippen molar-refractivity contribution < 1.29 is 9.32 Å². The Morgan fingerprint density at radius 3 is 2.70 bits per heavy atom. The van der Waals surface area contributed by atoms with Gasteiger partial charge in [-0.05, 0) is 13.3 Å². The van der Waals surface area contributed by atoms with E-state index in [0.717, 1.165) is 5.69 Å². The highest BCUT2D eigenvalue weighted by Crippen LogP contribution is 2.22. The van der Waals surface area contributed by atoms with Crippen molar-refractivity contribution in [2.24, 2.45) is 0 Å². The van der Waals surface area contributed by atoms with Crippen LogP contribution in [0, 0.1) is 6.92 Å². The third kappa shape index (κ3) is 2.74. The molecule has 0 saturated heterocycles. The summed E-state index contributed by atoms with van der Waals surface area (Å²) in [6.07, 6.45) is 0.647. The molecule has 0 radical (unpaired) electrons. The van der Waals surface area contributed by atoms with Gasteiger partial charge < -0.3 is 9.84 Å². The first-order valence-corrected chi connectivity index (χ1v) is 6.65. The van der Waals surface area contributed by atoms with Crippen molar-refractivity contribution in [3.63, 3.8) is 0 Å². The normalized spacial score (nSPS) is 11.7. The summed E-state index contributed by atoms with van der Waals surface area (Å²) in [6, 6.07) is 1.84. The van der Waals surface area contributed by atoms with Crippen molar-refractivity contribution in [3.8, 4) is 0 Å². The fourth-order valence-electron chi connectivity index (χ4n) is 1.90. The first-order chi connectivity index (χ1) is 9.32. The zero-order valence-corrected chi connectivity index (χ0v) is 12.5. The summed E-state index contributed by atoms with van der Waals surface area (Å²) in [4.78, 5) is 12.3. The lowest BCUT2D eigenvalue weighted by atomic mass is 9.92. The molecule has 2 N–H and O–H groups in total. The first kappa shape index (κ1) is 14.3. The quantitative estimate of drug-likeness (QED) is 0.902. The molecule has 6 heteroatoms. The molecule has 0 saturated carbocycles. The molecule has 0 atom stereocenters. The van der Waals surface area contributed by atoms with Crippen molar-refractivity contribution in [1.82, 2.24) is 15.4 Å². The summed E-state index contributed by atoms with van der Waals surface area (Å²) in [6.45, 7) is 9.88. The van der Waals surface area contributed by atoms with E-state index in [9.17, 15) is 4.79 Å². The summed E-state index contributed by atoms with van der Waals surface area (Å²) in [5.41, 5.74) is 2.07. The summed E-state index contributed by atoms with van der Waals surface area (Å²) in [5.74, 6) is 0.779. The highest BCUT2D eigenvalue weighted by atomic mass is 16.5. The number of carbonyl (C=O) groups excluding carboxylic acids is 1. The van der Waals surface area contributed by atoms with Crippen LogP contribution >= 0.6 is 0 Å². The molecule has 6 nitrogen and oxygen atoms in total. The van der Waals surface area contributed by atoms with Crippen molar-refractivity contribution in [2.75, 3.05) is 5.32 Å². The molecule has 2 aromatic rings. The van der Waals surface area contributed by atoms with Gasteiger partial charge in [0, 0.05) is 17.2 Å². The minimum Gasteiger partial charge on any atom is -0.361 e. The molecule has 2 rings (SSSR count). The number of rotatable bonds is 3. The predicted octanol–water partition coefficient (Wildman–Crippen LogP) is 2.82. The lowest BCUT2D eigenvalue weighted by Gasteiger charge is -2.14. The molecule has 1 amide bonds. The van der Waals surface area contributed by atoms with Crippen LogP contribution in [0.5, 0.6) is 0 Å². The van der Waals surface area contributed by atoms with Crippen LogP contribution in [0.1, 0.15) is 55.2 Å². The second-order valence-electron chi connectivity index (χ2n) is 5.78. The molecular weight excluding hydrogens is 256 g/mol. The molecule has 20 heavy (non-hydrogen) atoms. The van der Waals surface area contributed by atoms with Crippen LogP contribution in [0.3, 0.4) is 0 Å². The summed E-state index contributed by atoms with van der Waals surface area (Å²) >= 11 is 0. The smallest absolute Gasteiger partial charge is 0.262 e. The van der Waals surface area contributed by atoms with Gasteiger partial charge in [0.1, 0.15) is 11.3 Å². The fraction of sp³-hybridized carbons (Fsp3) is 0.500. The van der Waals surface area contributed by atoms with Crippen molar-refractivity contribution >= 4 is 11.7 Å². The second kappa shape index (κ2) is 5.11. The van der Waals surface area contributed by atoms with Gasteiger partial charge in [0.05, 0.1) is 5.69 Å². The average Bonchev–Trinajstić information content (AvgIpc) is 2.94. The van der Waals surface area contributed by atoms with Crippen LogP contribution < -0.4 is 5.32 Å². The minimum atomic E-state index is -0.243. The molecule has 0 aromatic carbocycles. The SMILES string of the molecule is CCc1noc(C)c1C(=O)Nc1cc(C(C)(C)C)[nH]n1. The Hall–Kier alpha value is -2.11. The van der Waals surface area contributed by atoms with Crippen LogP contribution in [-0.2, 0) is 11.8 Å². The van der Waals surface area contributed by atoms with Gasteiger partial charge in [0.2, 0.25) is 0 Å². The number of amides is 1. The number of hydrogen-bond donors (Lipinski definition) is 2. The van der Waals surface area contributed by atoms with Crippen LogP contribution in [0.25, 0.3) is 0 Å². The number of nitrogens with zero attached hydrogens (tertiary/aromatic N) is 2. The third-order valence-electron chi connectivity index (χ3n) is 3.12. The number of H-pyrrole nitrogens is 1. The van der Waals surface area contributed by atoms with Crippen LogP contribution in [0.2, 0.25) is 0 Å². The van der Waals surface area contributed by atoms with E-state index >= 15 is 0 Å². The Kier molecular flexibility index (Phi) is 3.65. The van der Waals surface area contributed by atoms with Crippen LogP contribution in [0.4, 0.5) is 5.82 Å². The first-order valence-electron chi connectivity index (χ1n) is 6.65. The Bertz CT molecular complexity index is 619. The van der Waals surface area contributed by atoms with E-state index < -0.39 is 0 Å². The van der Waals surface area contributed by atoms with Gasteiger partial charge >= 0.3 is 0 Å². The van der Waals surface area contributed by atoms with E-state index in [1.165, 1.54) is 0 Å². The number of carbonyl (C=O) groups is 1. The van der Waals surface area contributed by atoms with Gasteiger partial charge in [-0.25, -0.2) is 0 Å². The van der Waals surface area contributed by atoms with Gasteiger partial charge in [-0.1, -0.05) is 32.9 Å². The molecular formula is C14H20N4O2. The van der Waals surface area contributed by atoms with Gasteiger partial charge in [-0.15, -0.1) is 0 Å². The van der Waals surface area contributed by atoms with Gasteiger partial charge in [0.25, 0.3) is 5.91 Å². The Morgan fingerprint density at radius 1 is 1.45 bits per heavy atom. The van der Waals surface area contributed by atoms with E-state index in [0.29, 0.717) is 29.3 Å². The molecule has 0 unspecified atom stereocenters. The standard InChI is InChI=1S/C14H20N4O2/c1-6-9-12(8(2)20-18-9)13(19)15-11-7-10(16-17-11)14(3,4)5/h7H,6H2,1-5H3,(H2,15,16,17,19). The Balaban J connectivity index is 2.20. The molecule has 2 aromatic heterocycles. The van der Waals surface area contributed by atoms with Gasteiger partial charge in [-0.2, -0.15) is 5.10 Å². The van der Waals surface area contributed by atoms with Gasteiger partial charge in [0.15, 0.2) is 5.82 Å². The predicted molar refractivity (Wildman–Crippen MR) is 75.9 cm³/mol. The lowest BCUT2D eigenvalue weighted by Crippen LogP contribution is -2.14. The van der Waals surface area contributed by atoms with Gasteiger partial charge in [-0.3, -0.25) is 9.89 Å². The van der Waals surface area contributed by atoms with E-state index in [4.69, 9.17) is 4.52 Å². The third-order valence-corrected chi connectivity index (χ3v) is 3.12. The minimum absolute atomic E-state index is 0.0440. The lowest BCUT2D eigenvalue weighted by molar-refractivity contribution is 0.102. The van der Waals surface area contributed by atoms with E-state index in [1.807, 2.05) is 13.0 Å². The van der Waals surface area contributed by atoms with Crippen molar-refractivity contribution in [2.45, 2.75) is 46.5 Å². The number of hydrogen-bond acceptors (Lipinski definition) is 4. The molecule has 0 bridgehead atoms. The van der Waals surface area contributed by atoms with E-state index in [-0.39, 0.29) is 11.3 Å². The van der Waals surface area contributed by atoms with Crippen LogP contribution in [-0.4, -0.2) is 21.3 Å². The van der Waals surface area contributed by atoms with Crippen molar-refractivity contribution in [3.05, 3.63) is 28.8 Å². The number of nitrogens with one attached hydrogen (secondary N) is 2. The maximum atomic E-state index is 12.3. The maximum Gasteiger partial charge on any atom is 0.262 e. The summed E-state index contributed by atoms with van der Waals surface area (Å²) < 4.78 is 5.07. The largest absolute Gasteiger partial charge is 0.361 e. The molecule has 0 fully saturated rings. The summed E-state index contributed by atoms with van der Waals surface area (Å²) in [7, 11) is 0. The number of aromatic amines is 1. The zero-order valence-electron chi connectivity index (χ0n) is 12.5. The molecule has 0 aliphatic heterocycles. The van der Waals surface area contributed by atoms with Crippen LogP contribution in [0.15, 0.2) is 10.6 Å². The zero-order chi connectivity index (χ0) is 14.9. The highest BCUT2D eigenvalue weighted by Gasteiger charge is 2.21. The highest BCUT2D eigenvalue weighted by molar-refractivity contribution is 6.05. The molecule has 0 spiro atoms. The molecule has 108 valence electrons. The number of aryl methyl sites for hydroxylation is 2. The van der Waals surface area contributed by atoms with E-state index in [2.05, 4.69) is 41.4 Å². The fourth-order valence-corrected chi connectivity index (χ4v) is 1.90. The summed E-state index contributed by atoms with van der Waals surface area (Å²) in [5, 5.41) is 13.7. The Morgan fingerprint density at radius 2 is 2.15 bits per heavy atom. The maximum absolute atomic E-state index is 12.3. The molecule has 0 aliphatic carbocycles. The second-order valence-corrected chi connectivity index (χ2v) is 5.78. The van der Waals surface area contributed by atoms with Crippen molar-refractivity contribution in [1.29, 1.82) is 0 Å².